The summed E-state index contributed by atoms with van der Waals surface area (Å²) in [6.07, 6.45) is 3.88. The molecule has 0 amide bonds. The minimum Gasteiger partial charge on any atom is -0.0899 e. The zero-order valence-electron chi connectivity index (χ0n) is 10.0. The molecule has 0 bridgehead atoms. The third-order valence-corrected chi connectivity index (χ3v) is 4.36. The summed E-state index contributed by atoms with van der Waals surface area (Å²) < 4.78 is 0. The monoisotopic (exact) mass is 231 g/mol. The smallest absolute Gasteiger partial charge is 0.0776 e. The Morgan fingerprint density at radius 1 is 1.38 bits per heavy atom. The maximum Gasteiger partial charge on any atom is 0.0776 e. The van der Waals surface area contributed by atoms with Gasteiger partial charge in [0, 0.05) is 11.5 Å². The summed E-state index contributed by atoms with van der Waals surface area (Å²) in [4.78, 5) is 2.70. The van der Waals surface area contributed by atoms with Crippen molar-refractivity contribution in [2.75, 3.05) is 6.54 Å². The van der Waals surface area contributed by atoms with E-state index in [-0.39, 0.29) is 0 Å². The average Bonchev–Trinajstić information content (AvgIpc) is 2.24. The largest absolute Gasteiger partial charge is 0.0899 e. The Morgan fingerprint density at radius 2 is 2.12 bits per heavy atom. The Labute approximate surface area is 97.4 Å². The van der Waals surface area contributed by atoms with E-state index in [1.807, 2.05) is 12.2 Å². The highest BCUT2D eigenvalue weighted by molar-refractivity contribution is 6.88. The highest BCUT2D eigenvalue weighted by Gasteiger charge is 2.15. The van der Waals surface area contributed by atoms with Crippen LogP contribution in [0.25, 0.3) is 16.5 Å². The Balaban J connectivity index is 2.83. The maximum absolute atomic E-state index is 8.14. The first kappa shape index (κ1) is 12.6. The van der Waals surface area contributed by atoms with E-state index >= 15 is 0 Å². The van der Waals surface area contributed by atoms with Crippen LogP contribution in [0.5, 0.6) is 0 Å². The van der Waals surface area contributed by atoms with Crippen molar-refractivity contribution in [3.63, 3.8) is 0 Å². The average molecular weight is 231 g/mol. The number of rotatable bonds is 4. The lowest BCUT2D eigenvalue weighted by Crippen LogP contribution is -2.37. The fourth-order valence-electron chi connectivity index (χ4n) is 1.38. The first-order chi connectivity index (χ1) is 7.54. The molecule has 1 aromatic rings. The molecular weight excluding hydrogens is 214 g/mol. The molecule has 1 aromatic carbocycles. The van der Waals surface area contributed by atoms with Crippen LogP contribution in [0.4, 0.5) is 0 Å². The van der Waals surface area contributed by atoms with E-state index in [0.717, 1.165) is 0 Å². The normalized spacial score (nSPS) is 11.4. The van der Waals surface area contributed by atoms with E-state index < -0.39 is 8.07 Å². The van der Waals surface area contributed by atoms with Crippen LogP contribution in [-0.4, -0.2) is 14.6 Å². The van der Waals surface area contributed by atoms with E-state index in [0.29, 0.717) is 6.54 Å². The molecule has 1 rings (SSSR count). The standard InChI is InChI=1S/C12H17N3Si/c1-16(2,3)12-8-4-6-11(10-12)7-5-9-14-15-13/h4-8,10H,9H2,1-3H3. The van der Waals surface area contributed by atoms with E-state index in [1.54, 1.807) is 0 Å². The first-order valence-electron chi connectivity index (χ1n) is 5.32. The predicted octanol–water partition coefficient (Wildman–Crippen LogP) is 3.56. The summed E-state index contributed by atoms with van der Waals surface area (Å²) in [5.74, 6) is 0. The van der Waals surface area contributed by atoms with Gasteiger partial charge in [-0.1, -0.05) is 66.4 Å². The molecule has 4 heteroatoms. The fourth-order valence-corrected chi connectivity index (χ4v) is 2.58. The van der Waals surface area contributed by atoms with Crippen LogP contribution in [0.1, 0.15) is 5.56 Å². The molecule has 0 saturated carbocycles. The van der Waals surface area contributed by atoms with Crippen LogP contribution >= 0.6 is 0 Å². The van der Waals surface area contributed by atoms with Crippen molar-refractivity contribution >= 4 is 19.3 Å². The molecular formula is C12H17N3Si. The topological polar surface area (TPSA) is 48.8 Å². The zero-order valence-corrected chi connectivity index (χ0v) is 11.0. The van der Waals surface area contributed by atoms with Crippen LogP contribution in [0.2, 0.25) is 19.6 Å². The quantitative estimate of drug-likeness (QED) is 0.329. The van der Waals surface area contributed by atoms with E-state index in [1.165, 1.54) is 10.8 Å². The molecule has 84 valence electrons. The third-order valence-electron chi connectivity index (χ3n) is 2.31. The highest BCUT2D eigenvalue weighted by atomic mass is 28.3. The van der Waals surface area contributed by atoms with Crippen molar-refractivity contribution in [3.8, 4) is 0 Å². The van der Waals surface area contributed by atoms with Gasteiger partial charge in [-0.3, -0.25) is 0 Å². The zero-order chi connectivity index (χ0) is 12.0. The van der Waals surface area contributed by atoms with Crippen molar-refractivity contribution in [2.45, 2.75) is 19.6 Å². The SMILES string of the molecule is C[Si](C)(C)c1cccc(C=CCN=[N+]=[N-])c1. The van der Waals surface area contributed by atoms with Gasteiger partial charge in [-0.2, -0.15) is 0 Å². The van der Waals surface area contributed by atoms with E-state index in [2.05, 4.69) is 53.9 Å². The molecule has 0 fully saturated rings. The molecule has 0 radical (unpaired) electrons. The molecule has 0 spiro atoms. The highest BCUT2D eigenvalue weighted by Crippen LogP contribution is 2.06. The van der Waals surface area contributed by atoms with Gasteiger partial charge in [-0.15, -0.1) is 0 Å². The molecule has 0 N–H and O–H groups in total. The number of hydrogen-bond acceptors (Lipinski definition) is 1. The Kier molecular flexibility index (Phi) is 4.35. The van der Waals surface area contributed by atoms with E-state index in [9.17, 15) is 0 Å². The number of nitrogens with zero attached hydrogens (tertiary/aromatic N) is 3. The second kappa shape index (κ2) is 5.54. The molecule has 0 heterocycles. The first-order valence-corrected chi connectivity index (χ1v) is 8.82. The molecule has 0 saturated heterocycles. The Hall–Kier alpha value is -1.51. The molecule has 0 aromatic heterocycles. The van der Waals surface area contributed by atoms with Crippen LogP contribution in [0.15, 0.2) is 35.5 Å². The summed E-state index contributed by atoms with van der Waals surface area (Å²) in [6, 6.07) is 8.56. The molecule has 3 nitrogen and oxygen atoms in total. The number of hydrogen-bond donors (Lipinski definition) is 0. The molecule has 0 unspecified atom stereocenters. The van der Waals surface area contributed by atoms with Crippen LogP contribution in [0.3, 0.4) is 0 Å². The van der Waals surface area contributed by atoms with Crippen LogP contribution in [-0.2, 0) is 0 Å². The molecule has 16 heavy (non-hydrogen) atoms. The van der Waals surface area contributed by atoms with E-state index in [4.69, 9.17) is 5.53 Å². The lowest BCUT2D eigenvalue weighted by Gasteiger charge is -2.16. The lowest BCUT2D eigenvalue weighted by atomic mass is 10.2. The summed E-state index contributed by atoms with van der Waals surface area (Å²) >= 11 is 0. The summed E-state index contributed by atoms with van der Waals surface area (Å²) in [7, 11) is -1.23. The van der Waals surface area contributed by atoms with Gasteiger partial charge in [-0.05, 0) is 11.1 Å². The van der Waals surface area contributed by atoms with Gasteiger partial charge < -0.3 is 0 Å². The van der Waals surface area contributed by atoms with Gasteiger partial charge in [0.2, 0.25) is 0 Å². The summed E-state index contributed by atoms with van der Waals surface area (Å²) in [6.45, 7) is 7.40. The summed E-state index contributed by atoms with van der Waals surface area (Å²) in [5.41, 5.74) is 9.32. The van der Waals surface area contributed by atoms with Gasteiger partial charge in [0.25, 0.3) is 0 Å². The van der Waals surface area contributed by atoms with Gasteiger partial charge in [-0.25, -0.2) is 0 Å². The second-order valence-corrected chi connectivity index (χ2v) is 9.77. The fraction of sp³-hybridized carbons (Fsp3) is 0.333. The van der Waals surface area contributed by atoms with Gasteiger partial charge >= 0.3 is 0 Å². The third kappa shape index (κ3) is 3.93. The second-order valence-electron chi connectivity index (χ2n) is 4.69. The maximum atomic E-state index is 8.14. The van der Waals surface area contributed by atoms with Crippen LogP contribution < -0.4 is 5.19 Å². The van der Waals surface area contributed by atoms with Crippen molar-refractivity contribution in [3.05, 3.63) is 46.3 Å². The van der Waals surface area contributed by atoms with Crippen molar-refractivity contribution < 1.29 is 0 Å². The van der Waals surface area contributed by atoms with Crippen LogP contribution in [0, 0.1) is 0 Å². The van der Waals surface area contributed by atoms with Gasteiger partial charge in [0.1, 0.15) is 0 Å². The minimum atomic E-state index is -1.23. The Morgan fingerprint density at radius 3 is 2.75 bits per heavy atom. The van der Waals surface area contributed by atoms with Gasteiger partial charge in [0.15, 0.2) is 0 Å². The lowest BCUT2D eigenvalue weighted by molar-refractivity contribution is 1.22. The van der Waals surface area contributed by atoms with Crippen molar-refractivity contribution in [1.82, 2.24) is 0 Å². The van der Waals surface area contributed by atoms with Crippen molar-refractivity contribution in [1.29, 1.82) is 0 Å². The Bertz CT molecular complexity index is 426. The summed E-state index contributed by atoms with van der Waals surface area (Å²) in [5, 5.41) is 4.90. The van der Waals surface area contributed by atoms with Crippen molar-refractivity contribution in [2.24, 2.45) is 5.11 Å². The number of benzene rings is 1. The van der Waals surface area contributed by atoms with Gasteiger partial charge in [0.05, 0.1) is 8.07 Å². The minimum absolute atomic E-state index is 0.410. The predicted molar refractivity (Wildman–Crippen MR) is 72.5 cm³/mol. The molecule has 0 aliphatic heterocycles. The number of azide groups is 1. The molecule has 0 aliphatic rings. The molecule has 0 aliphatic carbocycles. The molecule has 0 atom stereocenters.